The fraction of sp³-hybridized carbons (Fsp3) is 0.900. The number of carbonyl (C=O) groups excluding carboxylic acids is 1. The van der Waals surface area contributed by atoms with Crippen molar-refractivity contribution in [1.29, 1.82) is 5.26 Å². The van der Waals surface area contributed by atoms with E-state index in [1.165, 1.54) is 64.2 Å². The van der Waals surface area contributed by atoms with E-state index < -0.39 is 0 Å². The summed E-state index contributed by atoms with van der Waals surface area (Å²) in [6.07, 6.45) is 16.9. The van der Waals surface area contributed by atoms with Gasteiger partial charge in [-0.15, -0.1) is 0 Å². The molecule has 0 aromatic heterocycles. The topological polar surface area (TPSA) is 40.9 Å². The van der Waals surface area contributed by atoms with Gasteiger partial charge < -0.3 is 4.79 Å². The third-order valence-corrected chi connectivity index (χ3v) is 6.47. The molecular weight excluding hydrogens is 270 g/mol. The van der Waals surface area contributed by atoms with Crippen molar-refractivity contribution in [3.05, 3.63) is 0 Å². The maximum absolute atomic E-state index is 10.8. The molecule has 2 saturated carbocycles. The van der Waals surface area contributed by atoms with Crippen molar-refractivity contribution in [2.24, 2.45) is 23.2 Å². The minimum atomic E-state index is -0.324. The van der Waals surface area contributed by atoms with Crippen molar-refractivity contribution in [3.63, 3.8) is 0 Å². The van der Waals surface area contributed by atoms with Gasteiger partial charge in [-0.05, 0) is 56.3 Å². The van der Waals surface area contributed by atoms with Gasteiger partial charge in [0.05, 0.1) is 11.5 Å². The molecule has 2 nitrogen and oxygen atoms in total. The fourth-order valence-electron chi connectivity index (χ4n) is 4.82. The normalized spacial score (nSPS) is 35.7. The first-order chi connectivity index (χ1) is 10.7. The Morgan fingerprint density at radius 1 is 1.05 bits per heavy atom. The lowest BCUT2D eigenvalue weighted by Gasteiger charge is -2.40. The molecule has 2 aliphatic rings. The van der Waals surface area contributed by atoms with Gasteiger partial charge in [0.1, 0.15) is 6.29 Å². The Morgan fingerprint density at radius 2 is 1.68 bits per heavy atom. The van der Waals surface area contributed by atoms with Gasteiger partial charge in [0.15, 0.2) is 0 Å². The third kappa shape index (κ3) is 4.58. The monoisotopic (exact) mass is 303 g/mol. The SMILES string of the molecule is CCCCCC1CCC(C2CCC(C#N)(CC=O)CC2)CC1. The molecule has 0 radical (unpaired) electrons. The molecule has 0 aromatic rings. The maximum atomic E-state index is 10.8. The van der Waals surface area contributed by atoms with E-state index in [4.69, 9.17) is 0 Å². The van der Waals surface area contributed by atoms with Crippen LogP contribution in [0.2, 0.25) is 0 Å². The highest BCUT2D eigenvalue weighted by Gasteiger charge is 2.38. The first-order valence-corrected chi connectivity index (χ1v) is 9.58. The Hall–Kier alpha value is -0.840. The molecule has 2 aliphatic carbocycles. The molecule has 0 spiro atoms. The Labute approximate surface area is 136 Å². The number of aldehydes is 1. The molecule has 0 aromatic carbocycles. The number of hydrogen-bond acceptors (Lipinski definition) is 2. The molecule has 0 atom stereocenters. The van der Waals surface area contributed by atoms with Crippen molar-refractivity contribution in [1.82, 2.24) is 0 Å². The van der Waals surface area contributed by atoms with Crippen molar-refractivity contribution in [3.8, 4) is 6.07 Å². The first kappa shape index (κ1) is 17.5. The minimum Gasteiger partial charge on any atom is -0.303 e. The van der Waals surface area contributed by atoms with Crippen LogP contribution in [0.15, 0.2) is 0 Å². The van der Waals surface area contributed by atoms with Gasteiger partial charge in [-0.2, -0.15) is 5.26 Å². The molecule has 2 fully saturated rings. The predicted molar refractivity (Wildman–Crippen MR) is 90.3 cm³/mol. The second kappa shape index (κ2) is 8.70. The summed E-state index contributed by atoms with van der Waals surface area (Å²) in [5.74, 6) is 2.71. The summed E-state index contributed by atoms with van der Waals surface area (Å²) >= 11 is 0. The smallest absolute Gasteiger partial charge is 0.121 e. The van der Waals surface area contributed by atoms with Gasteiger partial charge >= 0.3 is 0 Å². The molecular formula is C20H33NO. The highest BCUT2D eigenvalue weighted by molar-refractivity contribution is 5.52. The van der Waals surface area contributed by atoms with Crippen LogP contribution in [0.3, 0.4) is 0 Å². The Balaban J connectivity index is 1.72. The fourth-order valence-corrected chi connectivity index (χ4v) is 4.82. The van der Waals surface area contributed by atoms with Crippen molar-refractivity contribution >= 4 is 6.29 Å². The molecule has 0 unspecified atom stereocenters. The Kier molecular flexibility index (Phi) is 6.93. The molecule has 2 rings (SSSR count). The molecule has 0 aliphatic heterocycles. The van der Waals surface area contributed by atoms with Gasteiger partial charge in [-0.25, -0.2) is 0 Å². The zero-order chi connectivity index (χ0) is 15.8. The van der Waals surface area contributed by atoms with E-state index in [0.717, 1.165) is 36.9 Å². The summed E-state index contributed by atoms with van der Waals surface area (Å²) in [5, 5.41) is 9.40. The van der Waals surface area contributed by atoms with E-state index in [1.54, 1.807) is 0 Å². The summed E-state index contributed by atoms with van der Waals surface area (Å²) in [7, 11) is 0. The van der Waals surface area contributed by atoms with E-state index in [-0.39, 0.29) is 5.41 Å². The Morgan fingerprint density at radius 3 is 2.23 bits per heavy atom. The van der Waals surface area contributed by atoms with Crippen molar-refractivity contribution in [2.75, 3.05) is 0 Å². The van der Waals surface area contributed by atoms with Gasteiger partial charge in [-0.1, -0.05) is 45.4 Å². The average molecular weight is 303 g/mol. The summed E-state index contributed by atoms with van der Waals surface area (Å²) in [6, 6.07) is 2.45. The predicted octanol–water partition coefficient (Wildman–Crippen LogP) is 5.66. The van der Waals surface area contributed by atoms with Crippen molar-refractivity contribution in [2.45, 2.75) is 90.4 Å². The first-order valence-electron chi connectivity index (χ1n) is 9.58. The van der Waals surface area contributed by atoms with Crippen LogP contribution in [-0.4, -0.2) is 6.29 Å². The zero-order valence-electron chi connectivity index (χ0n) is 14.4. The molecule has 22 heavy (non-hydrogen) atoms. The molecule has 0 N–H and O–H groups in total. The van der Waals surface area contributed by atoms with Crippen LogP contribution in [0.25, 0.3) is 0 Å². The van der Waals surface area contributed by atoms with Crippen LogP contribution in [0.5, 0.6) is 0 Å². The maximum Gasteiger partial charge on any atom is 0.121 e. The van der Waals surface area contributed by atoms with Crippen LogP contribution >= 0.6 is 0 Å². The van der Waals surface area contributed by atoms with E-state index in [0.29, 0.717) is 6.42 Å². The quantitative estimate of drug-likeness (QED) is 0.449. The van der Waals surface area contributed by atoms with E-state index in [9.17, 15) is 10.1 Å². The van der Waals surface area contributed by atoms with Crippen molar-refractivity contribution < 1.29 is 4.79 Å². The van der Waals surface area contributed by atoms with Crippen LogP contribution < -0.4 is 0 Å². The van der Waals surface area contributed by atoms with E-state index in [1.807, 2.05) is 0 Å². The summed E-state index contributed by atoms with van der Waals surface area (Å²) in [4.78, 5) is 10.8. The Bertz CT molecular complexity index is 368. The number of nitrogens with zero attached hydrogens (tertiary/aromatic N) is 1. The molecule has 0 amide bonds. The van der Waals surface area contributed by atoms with Crippen LogP contribution in [-0.2, 0) is 4.79 Å². The minimum absolute atomic E-state index is 0.324. The molecule has 0 heterocycles. The summed E-state index contributed by atoms with van der Waals surface area (Å²) in [5.41, 5.74) is -0.324. The van der Waals surface area contributed by atoms with Gasteiger partial charge in [-0.3, -0.25) is 0 Å². The summed E-state index contributed by atoms with van der Waals surface area (Å²) in [6.45, 7) is 2.28. The van der Waals surface area contributed by atoms with Gasteiger partial charge in [0.25, 0.3) is 0 Å². The van der Waals surface area contributed by atoms with Crippen LogP contribution in [0.1, 0.15) is 90.4 Å². The van der Waals surface area contributed by atoms with Gasteiger partial charge in [0.2, 0.25) is 0 Å². The lowest BCUT2D eigenvalue weighted by atomic mass is 9.64. The summed E-state index contributed by atoms with van der Waals surface area (Å²) < 4.78 is 0. The zero-order valence-corrected chi connectivity index (χ0v) is 14.4. The molecule has 124 valence electrons. The van der Waals surface area contributed by atoms with E-state index in [2.05, 4.69) is 13.0 Å². The third-order valence-electron chi connectivity index (χ3n) is 6.47. The highest BCUT2D eigenvalue weighted by Crippen LogP contribution is 2.46. The van der Waals surface area contributed by atoms with E-state index >= 15 is 0 Å². The van der Waals surface area contributed by atoms with Crippen LogP contribution in [0, 0.1) is 34.5 Å². The lowest BCUT2D eigenvalue weighted by molar-refractivity contribution is -0.109. The standard InChI is InChI=1S/C20H33NO/c1-2-3-4-5-17-6-8-18(9-7-17)19-10-12-20(16-21,13-11-19)14-15-22/h15,17-19H,2-14H2,1H3. The number of unbranched alkanes of at least 4 members (excludes halogenated alkanes) is 2. The number of carbonyl (C=O) groups is 1. The van der Waals surface area contributed by atoms with Crippen LogP contribution in [0.4, 0.5) is 0 Å². The number of rotatable bonds is 7. The molecule has 0 saturated heterocycles. The largest absolute Gasteiger partial charge is 0.303 e. The number of hydrogen-bond donors (Lipinski definition) is 0. The second-order valence-electron chi connectivity index (χ2n) is 7.88. The van der Waals surface area contributed by atoms with Gasteiger partial charge in [0, 0.05) is 6.42 Å². The average Bonchev–Trinajstić information content (AvgIpc) is 2.57. The molecule has 2 heteroatoms. The second-order valence-corrected chi connectivity index (χ2v) is 7.88. The lowest BCUT2D eigenvalue weighted by Crippen LogP contribution is -2.31. The molecule has 0 bridgehead atoms. The number of nitriles is 1. The highest BCUT2D eigenvalue weighted by atomic mass is 16.1.